The topological polar surface area (TPSA) is 76.2 Å². The molecule has 3 atom stereocenters. The van der Waals surface area contributed by atoms with Crippen LogP contribution in [0.3, 0.4) is 0 Å². The van der Waals surface area contributed by atoms with Gasteiger partial charge in [0, 0.05) is 20.4 Å². The Bertz CT molecular complexity index is 424. The summed E-state index contributed by atoms with van der Waals surface area (Å²) in [5, 5.41) is 0. The first-order valence-electron chi connectivity index (χ1n) is 7.57. The molecule has 0 bridgehead atoms. The van der Waals surface area contributed by atoms with Gasteiger partial charge in [-0.1, -0.05) is 6.42 Å². The van der Waals surface area contributed by atoms with Crippen LogP contribution in [0, 0.1) is 0 Å². The number of Topliss-reactive ketones (excluding diaryl/α,β-unsaturated/α-hetero) is 1. The van der Waals surface area contributed by atoms with Crippen LogP contribution in [-0.2, 0) is 19.1 Å². The van der Waals surface area contributed by atoms with Gasteiger partial charge < -0.3 is 14.4 Å². The van der Waals surface area contributed by atoms with Crippen LogP contribution in [0.5, 0.6) is 0 Å². The minimum Gasteiger partial charge on any atom is -0.424 e. The van der Waals surface area contributed by atoms with E-state index in [0.717, 1.165) is 12.8 Å². The van der Waals surface area contributed by atoms with E-state index in [1.165, 1.54) is 18.9 Å². The van der Waals surface area contributed by atoms with Crippen molar-refractivity contribution >= 4 is 17.8 Å². The zero-order valence-corrected chi connectivity index (χ0v) is 14.0. The summed E-state index contributed by atoms with van der Waals surface area (Å²) in [5.74, 6) is -0.418. The molecular weight excluding hydrogens is 288 g/mol. The lowest BCUT2D eigenvalue weighted by Crippen LogP contribution is -2.45. The molecular formula is C15H26N2O5. The summed E-state index contributed by atoms with van der Waals surface area (Å²) in [6.45, 7) is 3.18. The van der Waals surface area contributed by atoms with Gasteiger partial charge in [-0.05, 0) is 33.9 Å². The molecule has 0 aromatic heterocycles. The molecule has 7 heteroatoms. The quantitative estimate of drug-likeness (QED) is 0.564. The standard InChI is InChI=1S/C15H26N2O5/c1-10(16(3)4)14(19)21-11(2)22-15(20)17(5)12-8-6-7-9-13(12)18/h10-12H,6-9H2,1-5H3. The maximum Gasteiger partial charge on any atom is 0.413 e. The lowest BCUT2D eigenvalue weighted by molar-refractivity contribution is -0.171. The first-order chi connectivity index (χ1) is 10.2. The number of nitrogens with zero attached hydrogens (tertiary/aromatic N) is 2. The SMILES string of the molecule is CC(OC(=O)C(C)N(C)C)OC(=O)N(C)C1CCCCC1=O. The van der Waals surface area contributed by atoms with Crippen LogP contribution in [0.4, 0.5) is 4.79 Å². The molecule has 0 aromatic rings. The molecule has 0 radical (unpaired) electrons. The Morgan fingerprint density at radius 1 is 1.14 bits per heavy atom. The van der Waals surface area contributed by atoms with Gasteiger partial charge in [0.25, 0.3) is 0 Å². The number of carbonyl (C=O) groups is 3. The number of rotatable bonds is 5. The van der Waals surface area contributed by atoms with Gasteiger partial charge in [0.1, 0.15) is 6.04 Å². The second kappa shape index (κ2) is 8.12. The summed E-state index contributed by atoms with van der Waals surface area (Å²) in [7, 11) is 5.04. The van der Waals surface area contributed by atoms with Crippen LogP contribution < -0.4 is 0 Å². The molecule has 0 aromatic carbocycles. The van der Waals surface area contributed by atoms with E-state index in [2.05, 4.69) is 0 Å². The molecule has 7 nitrogen and oxygen atoms in total. The number of ether oxygens (including phenoxy) is 2. The Labute approximate surface area is 131 Å². The summed E-state index contributed by atoms with van der Waals surface area (Å²) in [4.78, 5) is 38.6. The van der Waals surface area contributed by atoms with E-state index in [4.69, 9.17) is 9.47 Å². The summed E-state index contributed by atoms with van der Waals surface area (Å²) in [6, 6.07) is -0.872. The van der Waals surface area contributed by atoms with Crippen molar-refractivity contribution in [3.05, 3.63) is 0 Å². The van der Waals surface area contributed by atoms with Crippen molar-refractivity contribution in [3.8, 4) is 0 Å². The highest BCUT2D eigenvalue weighted by molar-refractivity contribution is 5.87. The summed E-state index contributed by atoms with van der Waals surface area (Å²) >= 11 is 0. The number of ketones is 1. The predicted molar refractivity (Wildman–Crippen MR) is 80.2 cm³/mol. The second-order valence-electron chi connectivity index (χ2n) is 5.87. The fourth-order valence-corrected chi connectivity index (χ4v) is 2.22. The molecule has 1 rings (SSSR count). The average Bonchev–Trinajstić information content (AvgIpc) is 2.45. The molecule has 0 saturated heterocycles. The summed E-state index contributed by atoms with van der Waals surface area (Å²) in [6.07, 6.45) is 1.28. The Morgan fingerprint density at radius 3 is 2.32 bits per heavy atom. The molecule has 1 fully saturated rings. The van der Waals surface area contributed by atoms with Crippen molar-refractivity contribution in [1.82, 2.24) is 9.80 Å². The van der Waals surface area contributed by atoms with E-state index in [-0.39, 0.29) is 5.78 Å². The largest absolute Gasteiger partial charge is 0.424 e. The minimum absolute atomic E-state index is 0.0524. The third-order valence-corrected chi connectivity index (χ3v) is 3.94. The fraction of sp³-hybridized carbons (Fsp3) is 0.800. The van der Waals surface area contributed by atoms with Crippen LogP contribution in [-0.4, -0.2) is 67.2 Å². The molecule has 1 amide bonds. The minimum atomic E-state index is -0.997. The average molecular weight is 314 g/mol. The zero-order chi connectivity index (χ0) is 16.9. The molecule has 3 unspecified atom stereocenters. The number of likely N-dealkylation sites (N-methyl/N-ethyl adjacent to an activating group) is 2. The van der Waals surface area contributed by atoms with Crippen LogP contribution in [0.25, 0.3) is 0 Å². The van der Waals surface area contributed by atoms with Gasteiger partial charge >= 0.3 is 12.1 Å². The highest BCUT2D eigenvalue weighted by Crippen LogP contribution is 2.19. The number of carbonyl (C=O) groups excluding carboxylic acids is 3. The smallest absolute Gasteiger partial charge is 0.413 e. The van der Waals surface area contributed by atoms with Gasteiger partial charge in [0.05, 0.1) is 6.04 Å². The number of amides is 1. The highest BCUT2D eigenvalue weighted by atomic mass is 16.7. The fourth-order valence-electron chi connectivity index (χ4n) is 2.22. The first-order valence-corrected chi connectivity index (χ1v) is 7.57. The highest BCUT2D eigenvalue weighted by Gasteiger charge is 2.31. The van der Waals surface area contributed by atoms with Crippen molar-refractivity contribution in [3.63, 3.8) is 0 Å². The molecule has 0 N–H and O–H groups in total. The van der Waals surface area contributed by atoms with E-state index in [1.807, 2.05) is 0 Å². The van der Waals surface area contributed by atoms with Gasteiger partial charge in [-0.25, -0.2) is 4.79 Å². The zero-order valence-electron chi connectivity index (χ0n) is 14.0. The van der Waals surface area contributed by atoms with Crippen molar-refractivity contribution in [2.75, 3.05) is 21.1 Å². The number of hydrogen-bond acceptors (Lipinski definition) is 6. The van der Waals surface area contributed by atoms with E-state index < -0.39 is 30.4 Å². The van der Waals surface area contributed by atoms with E-state index >= 15 is 0 Å². The van der Waals surface area contributed by atoms with Crippen LogP contribution in [0.1, 0.15) is 39.5 Å². The molecule has 1 aliphatic carbocycles. The van der Waals surface area contributed by atoms with E-state index in [0.29, 0.717) is 12.8 Å². The molecule has 126 valence electrons. The van der Waals surface area contributed by atoms with Gasteiger partial charge in [0.2, 0.25) is 6.29 Å². The van der Waals surface area contributed by atoms with Crippen LogP contribution in [0.2, 0.25) is 0 Å². The molecule has 1 saturated carbocycles. The van der Waals surface area contributed by atoms with E-state index in [1.54, 1.807) is 25.9 Å². The number of esters is 1. The number of hydrogen-bond donors (Lipinski definition) is 0. The Kier molecular flexibility index (Phi) is 6.80. The summed E-state index contributed by atoms with van der Waals surface area (Å²) in [5.41, 5.74) is 0. The van der Waals surface area contributed by atoms with Gasteiger partial charge in [-0.3, -0.25) is 14.5 Å². The first kappa shape index (κ1) is 18.4. The van der Waals surface area contributed by atoms with Crippen molar-refractivity contribution in [2.45, 2.75) is 57.9 Å². The second-order valence-corrected chi connectivity index (χ2v) is 5.87. The lowest BCUT2D eigenvalue weighted by Gasteiger charge is -2.30. The molecule has 22 heavy (non-hydrogen) atoms. The normalized spacial score (nSPS) is 21.2. The predicted octanol–water partition coefficient (Wildman–Crippen LogP) is 1.41. The summed E-state index contributed by atoms with van der Waals surface area (Å²) < 4.78 is 10.2. The Hall–Kier alpha value is -1.63. The monoisotopic (exact) mass is 314 g/mol. The van der Waals surface area contributed by atoms with Gasteiger partial charge in [-0.15, -0.1) is 0 Å². The third-order valence-electron chi connectivity index (χ3n) is 3.94. The van der Waals surface area contributed by atoms with Gasteiger partial charge in [-0.2, -0.15) is 0 Å². The maximum absolute atomic E-state index is 12.0. The third kappa shape index (κ3) is 4.98. The van der Waals surface area contributed by atoms with Crippen molar-refractivity contribution in [1.29, 1.82) is 0 Å². The molecule has 0 heterocycles. The lowest BCUT2D eigenvalue weighted by atomic mass is 9.93. The molecule has 0 spiro atoms. The van der Waals surface area contributed by atoms with Crippen molar-refractivity contribution in [2.24, 2.45) is 0 Å². The van der Waals surface area contributed by atoms with E-state index in [9.17, 15) is 14.4 Å². The Balaban J connectivity index is 2.49. The molecule has 0 aliphatic heterocycles. The van der Waals surface area contributed by atoms with Crippen molar-refractivity contribution < 1.29 is 23.9 Å². The van der Waals surface area contributed by atoms with Gasteiger partial charge in [0.15, 0.2) is 5.78 Å². The van der Waals surface area contributed by atoms with Crippen LogP contribution in [0.15, 0.2) is 0 Å². The molecule has 1 aliphatic rings. The Morgan fingerprint density at radius 2 is 1.77 bits per heavy atom. The maximum atomic E-state index is 12.0. The van der Waals surface area contributed by atoms with Crippen LogP contribution >= 0.6 is 0 Å².